The van der Waals surface area contributed by atoms with Crippen LogP contribution in [-0.4, -0.2) is 63.6 Å². The zero-order valence-corrected chi connectivity index (χ0v) is 19.8. The molecule has 1 amide bonds. The Morgan fingerprint density at radius 2 is 2.09 bits per heavy atom. The van der Waals surface area contributed by atoms with Gasteiger partial charge >= 0.3 is 0 Å². The molecule has 4 rings (SSSR count). The molecule has 1 aromatic heterocycles. The van der Waals surface area contributed by atoms with E-state index in [0.29, 0.717) is 36.9 Å². The molecule has 0 aliphatic carbocycles. The average Bonchev–Trinajstić information content (AvgIpc) is 3.57. The molecule has 0 unspecified atom stereocenters. The van der Waals surface area contributed by atoms with E-state index < -0.39 is 15.9 Å². The minimum atomic E-state index is -3.71. The smallest absolute Gasteiger partial charge is 0.280 e. The van der Waals surface area contributed by atoms with E-state index in [1.54, 1.807) is 6.20 Å². The Hall–Kier alpha value is -2.38. The van der Waals surface area contributed by atoms with Gasteiger partial charge in [0.05, 0.1) is 24.2 Å². The molecule has 0 bridgehead atoms. The van der Waals surface area contributed by atoms with E-state index in [2.05, 4.69) is 20.2 Å². The highest BCUT2D eigenvalue weighted by Gasteiger charge is 2.23. The number of carbonyl (C=O) groups excluding carboxylic acids is 1. The van der Waals surface area contributed by atoms with Crippen LogP contribution in [0.1, 0.15) is 29.7 Å². The molecule has 10 nitrogen and oxygen atoms in total. The van der Waals surface area contributed by atoms with Gasteiger partial charge in [-0.2, -0.15) is 0 Å². The Kier molecular flexibility index (Phi) is 7.71. The normalized spacial score (nSPS) is 21.3. The molecular formula is C21H26N4O6S2. The summed E-state index contributed by atoms with van der Waals surface area (Å²) in [6.07, 6.45) is 3.76. The topological polar surface area (TPSA) is 128 Å². The number of nitrogens with zero attached hydrogens (tertiary/aromatic N) is 2. The number of hydrogen-bond acceptors (Lipinski definition) is 9. The maximum absolute atomic E-state index is 12.9. The third-order valence-electron chi connectivity index (χ3n) is 5.20. The quantitative estimate of drug-likeness (QED) is 0.403. The minimum Gasteiger partial charge on any atom is -0.389 e. The molecule has 2 N–H and O–H groups in total. The van der Waals surface area contributed by atoms with Crippen LogP contribution in [-0.2, 0) is 29.1 Å². The summed E-state index contributed by atoms with van der Waals surface area (Å²) in [5, 5.41) is 7.23. The zero-order chi connectivity index (χ0) is 23.3. The first-order valence-corrected chi connectivity index (χ1v) is 13.0. The van der Waals surface area contributed by atoms with Crippen LogP contribution >= 0.6 is 11.3 Å². The number of sulfonamides is 1. The van der Waals surface area contributed by atoms with Gasteiger partial charge in [-0.05, 0) is 31.9 Å². The van der Waals surface area contributed by atoms with Crippen molar-refractivity contribution in [3.63, 3.8) is 0 Å². The standard InChI is InChI=1S/C21H26N4O6S2/c1-14-11-22-21(32-14)24-20(26)19(25-31-17-8-10-29-13-17)15-4-6-18(7-5-15)33(27,28)23-12-16-3-2-9-30-16/h4-7,11,16-17,23H,2-3,8-10,12-13H2,1H3,(H,22,24,26)/b25-19+/t16-,17-/m1/s1. The van der Waals surface area contributed by atoms with Gasteiger partial charge in [0.1, 0.15) is 0 Å². The molecule has 2 aliphatic heterocycles. The first-order chi connectivity index (χ1) is 15.9. The summed E-state index contributed by atoms with van der Waals surface area (Å²) in [4.78, 5) is 23.6. The lowest BCUT2D eigenvalue weighted by atomic mass is 10.1. The van der Waals surface area contributed by atoms with Crippen LogP contribution in [0, 0.1) is 6.92 Å². The zero-order valence-electron chi connectivity index (χ0n) is 18.2. The van der Waals surface area contributed by atoms with Crippen LogP contribution in [0.4, 0.5) is 5.13 Å². The highest BCUT2D eigenvalue weighted by Crippen LogP contribution is 2.19. The number of aryl methyl sites for hydroxylation is 1. The summed E-state index contributed by atoms with van der Waals surface area (Å²) in [5.41, 5.74) is 0.434. The predicted octanol–water partition coefficient (Wildman–Crippen LogP) is 2.06. The molecule has 33 heavy (non-hydrogen) atoms. The lowest BCUT2D eigenvalue weighted by Crippen LogP contribution is -2.31. The summed E-state index contributed by atoms with van der Waals surface area (Å²) >= 11 is 1.34. The fourth-order valence-corrected chi connectivity index (χ4v) is 5.13. The second-order valence-electron chi connectivity index (χ2n) is 7.77. The summed E-state index contributed by atoms with van der Waals surface area (Å²) in [7, 11) is -3.71. The molecule has 2 fully saturated rings. The second-order valence-corrected chi connectivity index (χ2v) is 10.8. The first-order valence-electron chi connectivity index (χ1n) is 10.7. The number of aromatic nitrogens is 1. The van der Waals surface area contributed by atoms with Crippen molar-refractivity contribution >= 4 is 38.1 Å². The van der Waals surface area contributed by atoms with E-state index in [9.17, 15) is 13.2 Å². The molecular weight excluding hydrogens is 468 g/mol. The molecule has 2 aliphatic rings. The lowest BCUT2D eigenvalue weighted by Gasteiger charge is -2.12. The number of nitrogens with one attached hydrogen (secondary N) is 2. The summed E-state index contributed by atoms with van der Waals surface area (Å²) < 4.78 is 38.6. The number of thiazole rings is 1. The van der Waals surface area contributed by atoms with Crippen LogP contribution in [0.3, 0.4) is 0 Å². The summed E-state index contributed by atoms with van der Waals surface area (Å²) in [6, 6.07) is 5.92. The molecule has 0 radical (unpaired) electrons. The third kappa shape index (κ3) is 6.36. The van der Waals surface area contributed by atoms with Gasteiger partial charge in [0, 0.05) is 36.2 Å². The number of oxime groups is 1. The van der Waals surface area contributed by atoms with Gasteiger partial charge in [0.25, 0.3) is 5.91 Å². The molecule has 0 spiro atoms. The highest BCUT2D eigenvalue weighted by atomic mass is 32.2. The number of rotatable bonds is 9. The van der Waals surface area contributed by atoms with Gasteiger partial charge in [-0.25, -0.2) is 18.1 Å². The maximum atomic E-state index is 12.9. The predicted molar refractivity (Wildman–Crippen MR) is 123 cm³/mol. The van der Waals surface area contributed by atoms with Crippen LogP contribution in [0.2, 0.25) is 0 Å². The van der Waals surface area contributed by atoms with Crippen LogP contribution in [0.15, 0.2) is 40.5 Å². The summed E-state index contributed by atoms with van der Waals surface area (Å²) in [6.45, 7) is 3.74. The number of carbonyl (C=O) groups is 1. The van der Waals surface area contributed by atoms with Crippen molar-refractivity contribution in [3.05, 3.63) is 40.9 Å². The SMILES string of the molecule is Cc1cnc(NC(=O)/C(=N/O[C@@H]2CCOC2)c2ccc(S(=O)(=O)NC[C@H]3CCCO3)cc2)s1. The van der Waals surface area contributed by atoms with Gasteiger partial charge in [-0.1, -0.05) is 17.3 Å². The first kappa shape index (κ1) is 23.8. The minimum absolute atomic E-state index is 0.0195. The fourth-order valence-electron chi connectivity index (χ4n) is 3.40. The van der Waals surface area contributed by atoms with Gasteiger partial charge in [0.15, 0.2) is 16.9 Å². The Labute approximate surface area is 196 Å². The monoisotopic (exact) mass is 494 g/mol. The maximum Gasteiger partial charge on any atom is 0.280 e. The van der Waals surface area contributed by atoms with Gasteiger partial charge in [0.2, 0.25) is 10.0 Å². The van der Waals surface area contributed by atoms with E-state index in [4.69, 9.17) is 14.3 Å². The van der Waals surface area contributed by atoms with Crippen molar-refractivity contribution in [2.75, 3.05) is 31.7 Å². The largest absolute Gasteiger partial charge is 0.389 e. The number of anilines is 1. The lowest BCUT2D eigenvalue weighted by molar-refractivity contribution is -0.110. The van der Waals surface area contributed by atoms with Crippen LogP contribution in [0.5, 0.6) is 0 Å². The van der Waals surface area contributed by atoms with Crippen LogP contribution < -0.4 is 10.0 Å². The average molecular weight is 495 g/mol. The van der Waals surface area contributed by atoms with Crippen molar-refractivity contribution in [1.29, 1.82) is 0 Å². The van der Waals surface area contributed by atoms with Crippen molar-refractivity contribution < 1.29 is 27.5 Å². The Morgan fingerprint density at radius 3 is 2.73 bits per heavy atom. The number of ether oxygens (including phenoxy) is 2. The number of hydrogen-bond donors (Lipinski definition) is 2. The molecule has 0 saturated carbocycles. The summed E-state index contributed by atoms with van der Waals surface area (Å²) in [5.74, 6) is -0.504. The van der Waals surface area contributed by atoms with Crippen molar-refractivity contribution in [3.8, 4) is 0 Å². The Morgan fingerprint density at radius 1 is 1.27 bits per heavy atom. The van der Waals surface area contributed by atoms with Crippen molar-refractivity contribution in [2.24, 2.45) is 5.16 Å². The van der Waals surface area contributed by atoms with E-state index in [0.717, 1.165) is 17.7 Å². The molecule has 3 heterocycles. The van der Waals surface area contributed by atoms with Gasteiger partial charge in [-0.3, -0.25) is 10.1 Å². The molecule has 2 atom stereocenters. The van der Waals surface area contributed by atoms with Gasteiger partial charge in [-0.15, -0.1) is 11.3 Å². The van der Waals surface area contributed by atoms with Crippen LogP contribution in [0.25, 0.3) is 0 Å². The van der Waals surface area contributed by atoms with E-state index in [-0.39, 0.29) is 29.4 Å². The Bertz CT molecular complexity index is 1090. The van der Waals surface area contributed by atoms with E-state index >= 15 is 0 Å². The fraction of sp³-hybridized carbons (Fsp3) is 0.476. The highest BCUT2D eigenvalue weighted by molar-refractivity contribution is 7.89. The molecule has 178 valence electrons. The second kappa shape index (κ2) is 10.7. The van der Waals surface area contributed by atoms with E-state index in [1.165, 1.54) is 35.6 Å². The molecule has 2 aromatic rings. The van der Waals surface area contributed by atoms with Gasteiger partial charge < -0.3 is 14.3 Å². The van der Waals surface area contributed by atoms with Crippen molar-refractivity contribution in [2.45, 2.75) is 43.3 Å². The number of amides is 1. The van der Waals surface area contributed by atoms with Crippen molar-refractivity contribution in [1.82, 2.24) is 9.71 Å². The molecule has 2 saturated heterocycles. The Balaban J connectivity index is 1.50. The van der Waals surface area contributed by atoms with E-state index in [1.807, 2.05) is 6.92 Å². The molecule has 1 aromatic carbocycles. The molecule has 12 heteroatoms. The third-order valence-corrected chi connectivity index (χ3v) is 7.47. The number of benzene rings is 1.